The predicted octanol–water partition coefficient (Wildman–Crippen LogP) is 3.15. The third-order valence-corrected chi connectivity index (χ3v) is 2.71. The van der Waals surface area contributed by atoms with Crippen LogP contribution in [0.3, 0.4) is 0 Å². The Hall–Kier alpha value is -1.10. The van der Waals surface area contributed by atoms with Gasteiger partial charge in [0.05, 0.1) is 17.1 Å². The van der Waals surface area contributed by atoms with Gasteiger partial charge in [0.25, 0.3) is 5.89 Å². The molecular weight excluding hydrogens is 261 g/mol. The van der Waals surface area contributed by atoms with Gasteiger partial charge in [0.1, 0.15) is 0 Å². The second kappa shape index (κ2) is 5.49. The van der Waals surface area contributed by atoms with E-state index in [1.807, 2.05) is 6.92 Å². The van der Waals surface area contributed by atoms with Crippen molar-refractivity contribution < 1.29 is 4.52 Å². The maximum absolute atomic E-state index is 6.05. The van der Waals surface area contributed by atoms with Crippen LogP contribution in [0.5, 0.6) is 0 Å². The molecule has 2 aromatic rings. The lowest BCUT2D eigenvalue weighted by Gasteiger charge is -1.98. The highest BCUT2D eigenvalue weighted by atomic mass is 35.5. The zero-order valence-corrected chi connectivity index (χ0v) is 10.7. The fourth-order valence-electron chi connectivity index (χ4n) is 1.33. The van der Waals surface area contributed by atoms with Gasteiger partial charge in [-0.25, -0.2) is 0 Å². The summed E-state index contributed by atoms with van der Waals surface area (Å²) in [5, 5.41) is 8.04. The van der Waals surface area contributed by atoms with Crippen LogP contribution in [0.2, 0.25) is 10.0 Å². The van der Waals surface area contributed by atoms with E-state index in [0.29, 0.717) is 33.9 Å². The quantitative estimate of drug-likeness (QED) is 0.928. The highest BCUT2D eigenvalue weighted by molar-refractivity contribution is 6.36. The van der Waals surface area contributed by atoms with Crippen LogP contribution >= 0.6 is 23.2 Å². The van der Waals surface area contributed by atoms with Gasteiger partial charge >= 0.3 is 0 Å². The molecule has 90 valence electrons. The van der Waals surface area contributed by atoms with Crippen molar-refractivity contribution in [1.82, 2.24) is 15.5 Å². The van der Waals surface area contributed by atoms with Crippen LogP contribution in [0.1, 0.15) is 12.7 Å². The van der Waals surface area contributed by atoms with Crippen molar-refractivity contribution in [2.45, 2.75) is 13.5 Å². The maximum Gasteiger partial charge on any atom is 0.259 e. The van der Waals surface area contributed by atoms with Crippen LogP contribution in [0.4, 0.5) is 0 Å². The summed E-state index contributed by atoms with van der Waals surface area (Å²) in [4.78, 5) is 4.24. The fraction of sp³-hybridized carbons (Fsp3) is 0.273. The van der Waals surface area contributed by atoms with Crippen LogP contribution < -0.4 is 5.32 Å². The highest BCUT2D eigenvalue weighted by Gasteiger charge is 2.12. The maximum atomic E-state index is 6.05. The Labute approximate surface area is 109 Å². The van der Waals surface area contributed by atoms with E-state index >= 15 is 0 Å². The molecule has 0 fully saturated rings. The second-order valence-corrected chi connectivity index (χ2v) is 4.26. The molecule has 1 aromatic heterocycles. The first-order valence-electron chi connectivity index (χ1n) is 5.19. The van der Waals surface area contributed by atoms with Gasteiger partial charge in [-0.2, -0.15) is 4.98 Å². The van der Waals surface area contributed by atoms with Gasteiger partial charge in [0.2, 0.25) is 0 Å². The molecule has 0 aliphatic rings. The minimum absolute atomic E-state index is 0.402. The smallest absolute Gasteiger partial charge is 0.259 e. The molecule has 4 nitrogen and oxygen atoms in total. The predicted molar refractivity (Wildman–Crippen MR) is 67.1 cm³/mol. The third kappa shape index (κ3) is 2.97. The summed E-state index contributed by atoms with van der Waals surface area (Å²) in [5.74, 6) is 1.01. The number of hydrogen-bond donors (Lipinski definition) is 1. The molecule has 0 bridgehead atoms. The monoisotopic (exact) mass is 271 g/mol. The number of halogens is 2. The fourth-order valence-corrected chi connectivity index (χ4v) is 1.82. The van der Waals surface area contributed by atoms with E-state index in [-0.39, 0.29) is 0 Å². The molecule has 0 aliphatic heterocycles. The van der Waals surface area contributed by atoms with Gasteiger partial charge in [-0.05, 0) is 24.7 Å². The van der Waals surface area contributed by atoms with Gasteiger partial charge in [0, 0.05) is 5.02 Å². The van der Waals surface area contributed by atoms with Crippen molar-refractivity contribution in [3.05, 3.63) is 34.1 Å². The van der Waals surface area contributed by atoms with E-state index in [4.69, 9.17) is 27.7 Å². The first-order valence-corrected chi connectivity index (χ1v) is 5.95. The summed E-state index contributed by atoms with van der Waals surface area (Å²) < 4.78 is 5.14. The summed E-state index contributed by atoms with van der Waals surface area (Å²) in [6.45, 7) is 3.44. The molecule has 0 spiro atoms. The van der Waals surface area contributed by atoms with E-state index in [1.54, 1.807) is 18.2 Å². The molecule has 0 saturated carbocycles. The lowest BCUT2D eigenvalue weighted by molar-refractivity contribution is 0.420. The van der Waals surface area contributed by atoms with Crippen molar-refractivity contribution >= 4 is 23.2 Å². The SMILES string of the molecule is CCNCc1noc(-c2ccc(Cl)cc2Cl)n1. The summed E-state index contributed by atoms with van der Waals surface area (Å²) >= 11 is 11.9. The number of nitrogens with one attached hydrogen (secondary N) is 1. The molecule has 0 aliphatic carbocycles. The van der Waals surface area contributed by atoms with Gasteiger partial charge in [-0.15, -0.1) is 0 Å². The summed E-state index contributed by atoms with van der Waals surface area (Å²) in [7, 11) is 0. The Bertz CT molecular complexity index is 513. The largest absolute Gasteiger partial charge is 0.334 e. The van der Waals surface area contributed by atoms with E-state index in [0.717, 1.165) is 6.54 Å². The number of nitrogens with zero attached hydrogens (tertiary/aromatic N) is 2. The van der Waals surface area contributed by atoms with Crippen LogP contribution in [-0.2, 0) is 6.54 Å². The number of aromatic nitrogens is 2. The van der Waals surface area contributed by atoms with E-state index in [9.17, 15) is 0 Å². The molecule has 1 N–H and O–H groups in total. The van der Waals surface area contributed by atoms with Crippen molar-refractivity contribution in [3.8, 4) is 11.5 Å². The Balaban J connectivity index is 2.24. The Morgan fingerprint density at radius 1 is 1.35 bits per heavy atom. The minimum Gasteiger partial charge on any atom is -0.334 e. The lowest BCUT2D eigenvalue weighted by atomic mass is 10.2. The molecule has 0 saturated heterocycles. The Morgan fingerprint density at radius 3 is 2.88 bits per heavy atom. The molecular formula is C11H11Cl2N3O. The first-order chi connectivity index (χ1) is 8.20. The van der Waals surface area contributed by atoms with Gasteiger partial charge in [-0.3, -0.25) is 0 Å². The molecule has 17 heavy (non-hydrogen) atoms. The average molecular weight is 272 g/mol. The van der Waals surface area contributed by atoms with E-state index in [2.05, 4.69) is 15.5 Å². The third-order valence-electron chi connectivity index (χ3n) is 2.16. The van der Waals surface area contributed by atoms with Crippen LogP contribution in [-0.4, -0.2) is 16.7 Å². The van der Waals surface area contributed by atoms with Crippen molar-refractivity contribution in [3.63, 3.8) is 0 Å². The van der Waals surface area contributed by atoms with Crippen molar-refractivity contribution in [2.24, 2.45) is 0 Å². The summed E-state index contributed by atoms with van der Waals surface area (Å²) in [6, 6.07) is 5.14. The zero-order valence-electron chi connectivity index (χ0n) is 9.20. The van der Waals surface area contributed by atoms with Crippen LogP contribution in [0, 0.1) is 0 Å². The molecule has 0 radical (unpaired) electrons. The molecule has 2 rings (SSSR count). The highest BCUT2D eigenvalue weighted by Crippen LogP contribution is 2.28. The van der Waals surface area contributed by atoms with E-state index in [1.165, 1.54) is 0 Å². The second-order valence-electron chi connectivity index (χ2n) is 3.42. The average Bonchev–Trinajstić information content (AvgIpc) is 2.75. The zero-order chi connectivity index (χ0) is 12.3. The molecule has 1 heterocycles. The number of rotatable bonds is 4. The van der Waals surface area contributed by atoms with Gasteiger partial charge < -0.3 is 9.84 Å². The molecule has 0 unspecified atom stereocenters. The number of hydrogen-bond acceptors (Lipinski definition) is 4. The minimum atomic E-state index is 0.402. The summed E-state index contributed by atoms with van der Waals surface area (Å²) in [6.07, 6.45) is 0. The Morgan fingerprint density at radius 2 is 2.18 bits per heavy atom. The van der Waals surface area contributed by atoms with Gasteiger partial charge in [0.15, 0.2) is 5.82 Å². The van der Waals surface area contributed by atoms with Crippen molar-refractivity contribution in [2.75, 3.05) is 6.54 Å². The summed E-state index contributed by atoms with van der Waals surface area (Å²) in [5.41, 5.74) is 0.686. The van der Waals surface area contributed by atoms with Crippen LogP contribution in [0.25, 0.3) is 11.5 Å². The van der Waals surface area contributed by atoms with Gasteiger partial charge in [-0.1, -0.05) is 35.3 Å². The molecule has 6 heteroatoms. The standard InChI is InChI=1S/C11H11Cl2N3O/c1-2-14-6-10-15-11(17-16-10)8-4-3-7(12)5-9(8)13/h3-5,14H,2,6H2,1H3. The molecule has 0 amide bonds. The molecule has 0 atom stereocenters. The normalized spacial score (nSPS) is 10.8. The number of benzene rings is 1. The topological polar surface area (TPSA) is 51.0 Å². The molecule has 1 aromatic carbocycles. The van der Waals surface area contributed by atoms with Crippen LogP contribution in [0.15, 0.2) is 22.7 Å². The lowest BCUT2D eigenvalue weighted by Crippen LogP contribution is -2.12. The van der Waals surface area contributed by atoms with E-state index < -0.39 is 0 Å². The Kier molecular flexibility index (Phi) is 3.99. The van der Waals surface area contributed by atoms with Crippen molar-refractivity contribution in [1.29, 1.82) is 0 Å². The first kappa shape index (κ1) is 12.4.